The molecular formula is C13H16BrNO2. The maximum absolute atomic E-state index is 11.1. The number of benzene rings is 1. The van der Waals surface area contributed by atoms with Gasteiger partial charge in [0.15, 0.2) is 6.29 Å². The lowest BCUT2D eigenvalue weighted by atomic mass is 10.00. The minimum Gasteiger partial charge on any atom is -0.377 e. The van der Waals surface area contributed by atoms with Crippen molar-refractivity contribution in [2.24, 2.45) is 0 Å². The summed E-state index contributed by atoms with van der Waals surface area (Å²) in [4.78, 5) is 13.4. The molecule has 1 aliphatic rings. The summed E-state index contributed by atoms with van der Waals surface area (Å²) in [6.07, 6.45) is 0.910. The topological polar surface area (TPSA) is 29.5 Å². The van der Waals surface area contributed by atoms with Gasteiger partial charge in [0.1, 0.15) is 0 Å². The number of ether oxygens (including phenoxy) is 1. The van der Waals surface area contributed by atoms with Gasteiger partial charge in [-0.2, -0.15) is 0 Å². The first-order chi connectivity index (χ1) is 8.04. The Kier molecular flexibility index (Phi) is 3.54. The van der Waals surface area contributed by atoms with Crippen molar-refractivity contribution >= 4 is 27.9 Å². The molecule has 0 saturated carbocycles. The van der Waals surface area contributed by atoms with Crippen LogP contribution in [-0.4, -0.2) is 31.6 Å². The zero-order chi connectivity index (χ0) is 12.5. The first kappa shape index (κ1) is 12.6. The molecule has 1 aromatic carbocycles. The smallest absolute Gasteiger partial charge is 0.152 e. The van der Waals surface area contributed by atoms with Crippen molar-refractivity contribution in [2.45, 2.75) is 19.4 Å². The van der Waals surface area contributed by atoms with Crippen molar-refractivity contribution in [2.75, 3.05) is 24.7 Å². The molecule has 1 aliphatic heterocycles. The van der Waals surface area contributed by atoms with Crippen LogP contribution in [0.5, 0.6) is 0 Å². The van der Waals surface area contributed by atoms with E-state index in [-0.39, 0.29) is 5.54 Å². The van der Waals surface area contributed by atoms with Gasteiger partial charge in [-0.15, -0.1) is 0 Å². The van der Waals surface area contributed by atoms with E-state index in [0.29, 0.717) is 13.2 Å². The van der Waals surface area contributed by atoms with Crippen LogP contribution in [0, 0.1) is 0 Å². The summed E-state index contributed by atoms with van der Waals surface area (Å²) in [5.74, 6) is 0. The molecule has 1 saturated heterocycles. The molecule has 2 rings (SSSR count). The molecule has 3 nitrogen and oxygen atoms in total. The highest BCUT2D eigenvalue weighted by Crippen LogP contribution is 2.31. The number of anilines is 1. The molecule has 0 N–H and O–H groups in total. The molecule has 4 heteroatoms. The second-order valence-electron chi connectivity index (χ2n) is 4.84. The Hall–Kier alpha value is -0.870. The monoisotopic (exact) mass is 297 g/mol. The van der Waals surface area contributed by atoms with Gasteiger partial charge in [0.05, 0.1) is 18.8 Å². The van der Waals surface area contributed by atoms with E-state index >= 15 is 0 Å². The van der Waals surface area contributed by atoms with Crippen molar-refractivity contribution in [1.29, 1.82) is 0 Å². The molecule has 0 unspecified atom stereocenters. The van der Waals surface area contributed by atoms with Crippen LogP contribution in [0.1, 0.15) is 24.2 Å². The zero-order valence-electron chi connectivity index (χ0n) is 10.1. The summed E-state index contributed by atoms with van der Waals surface area (Å²) in [6, 6.07) is 5.73. The third-order valence-corrected chi connectivity index (χ3v) is 3.55. The van der Waals surface area contributed by atoms with Crippen LogP contribution >= 0.6 is 15.9 Å². The highest BCUT2D eigenvalue weighted by molar-refractivity contribution is 9.10. The Balaban J connectivity index is 2.44. The quantitative estimate of drug-likeness (QED) is 0.786. The Morgan fingerprint density at radius 2 is 2.24 bits per heavy atom. The van der Waals surface area contributed by atoms with Gasteiger partial charge >= 0.3 is 0 Å². The van der Waals surface area contributed by atoms with Crippen LogP contribution in [0.25, 0.3) is 0 Å². The van der Waals surface area contributed by atoms with Crippen LogP contribution in [0.3, 0.4) is 0 Å². The average Bonchev–Trinajstić information content (AvgIpc) is 2.28. The minimum atomic E-state index is -0.0865. The van der Waals surface area contributed by atoms with Crippen molar-refractivity contribution < 1.29 is 9.53 Å². The summed E-state index contributed by atoms with van der Waals surface area (Å²) in [5, 5.41) is 0. The van der Waals surface area contributed by atoms with E-state index in [1.54, 1.807) is 0 Å². The number of nitrogens with zero attached hydrogens (tertiary/aromatic N) is 1. The summed E-state index contributed by atoms with van der Waals surface area (Å²) in [6.45, 7) is 6.44. The SMILES string of the molecule is CC1(C)COCCN1c1cc(Br)ccc1C=O. The molecule has 1 aromatic rings. The van der Waals surface area contributed by atoms with E-state index in [0.717, 1.165) is 28.6 Å². The van der Waals surface area contributed by atoms with Crippen LogP contribution in [-0.2, 0) is 4.74 Å². The summed E-state index contributed by atoms with van der Waals surface area (Å²) >= 11 is 3.46. The highest BCUT2D eigenvalue weighted by atomic mass is 79.9. The van der Waals surface area contributed by atoms with Crippen molar-refractivity contribution in [3.05, 3.63) is 28.2 Å². The third-order valence-electron chi connectivity index (χ3n) is 3.06. The number of morpholine rings is 1. The van der Waals surface area contributed by atoms with Crippen LogP contribution in [0.15, 0.2) is 22.7 Å². The molecule has 0 aromatic heterocycles. The van der Waals surface area contributed by atoms with E-state index in [4.69, 9.17) is 4.74 Å². The zero-order valence-corrected chi connectivity index (χ0v) is 11.7. The molecule has 0 bridgehead atoms. The second-order valence-corrected chi connectivity index (χ2v) is 5.75. The molecule has 0 radical (unpaired) electrons. The molecule has 0 amide bonds. The Labute approximate surface area is 110 Å². The van der Waals surface area contributed by atoms with Gasteiger partial charge in [0.25, 0.3) is 0 Å². The van der Waals surface area contributed by atoms with Gasteiger partial charge in [0, 0.05) is 22.3 Å². The van der Waals surface area contributed by atoms with Gasteiger partial charge in [-0.3, -0.25) is 4.79 Å². The predicted octanol–water partition coefficient (Wildman–Crippen LogP) is 2.88. The number of aldehydes is 1. The number of carbonyl (C=O) groups excluding carboxylic acids is 1. The maximum atomic E-state index is 11.1. The fraction of sp³-hybridized carbons (Fsp3) is 0.462. The summed E-state index contributed by atoms with van der Waals surface area (Å²) in [7, 11) is 0. The summed E-state index contributed by atoms with van der Waals surface area (Å²) in [5.41, 5.74) is 1.61. The molecule has 1 heterocycles. The lowest BCUT2D eigenvalue weighted by Crippen LogP contribution is -2.53. The van der Waals surface area contributed by atoms with E-state index in [9.17, 15) is 4.79 Å². The largest absolute Gasteiger partial charge is 0.377 e. The fourth-order valence-corrected chi connectivity index (χ4v) is 2.50. The molecular weight excluding hydrogens is 282 g/mol. The standard InChI is InChI=1S/C13H16BrNO2/c1-13(2)9-17-6-5-15(13)12-7-11(14)4-3-10(12)8-16/h3-4,7-8H,5-6,9H2,1-2H3. The van der Waals surface area contributed by atoms with Gasteiger partial charge in [-0.1, -0.05) is 15.9 Å². The van der Waals surface area contributed by atoms with Gasteiger partial charge in [0.2, 0.25) is 0 Å². The lowest BCUT2D eigenvalue weighted by molar-refractivity contribution is 0.0643. The first-order valence-electron chi connectivity index (χ1n) is 5.65. The van der Waals surface area contributed by atoms with E-state index < -0.39 is 0 Å². The highest BCUT2D eigenvalue weighted by Gasteiger charge is 2.31. The first-order valence-corrected chi connectivity index (χ1v) is 6.44. The number of hydrogen-bond acceptors (Lipinski definition) is 3. The number of rotatable bonds is 2. The average molecular weight is 298 g/mol. The maximum Gasteiger partial charge on any atom is 0.152 e. The van der Waals surface area contributed by atoms with Crippen molar-refractivity contribution in [3.63, 3.8) is 0 Å². The normalized spacial score (nSPS) is 19.1. The number of halogens is 1. The fourth-order valence-electron chi connectivity index (χ4n) is 2.16. The number of hydrogen-bond donors (Lipinski definition) is 0. The van der Waals surface area contributed by atoms with Crippen LogP contribution in [0.2, 0.25) is 0 Å². The Morgan fingerprint density at radius 1 is 1.47 bits per heavy atom. The predicted molar refractivity (Wildman–Crippen MR) is 71.8 cm³/mol. The van der Waals surface area contributed by atoms with Gasteiger partial charge in [-0.05, 0) is 32.0 Å². The molecule has 92 valence electrons. The molecule has 0 spiro atoms. The van der Waals surface area contributed by atoms with Crippen LogP contribution < -0.4 is 4.90 Å². The van der Waals surface area contributed by atoms with Crippen molar-refractivity contribution in [3.8, 4) is 0 Å². The molecule has 17 heavy (non-hydrogen) atoms. The molecule has 0 aliphatic carbocycles. The molecule has 1 fully saturated rings. The minimum absolute atomic E-state index is 0.0865. The van der Waals surface area contributed by atoms with Crippen LogP contribution in [0.4, 0.5) is 5.69 Å². The van der Waals surface area contributed by atoms with E-state index in [1.165, 1.54) is 0 Å². The third kappa shape index (κ3) is 2.53. The molecule has 0 atom stereocenters. The Bertz CT molecular complexity index is 431. The summed E-state index contributed by atoms with van der Waals surface area (Å²) < 4.78 is 6.48. The van der Waals surface area contributed by atoms with E-state index in [2.05, 4.69) is 34.7 Å². The number of carbonyl (C=O) groups is 1. The van der Waals surface area contributed by atoms with Gasteiger partial charge < -0.3 is 9.64 Å². The van der Waals surface area contributed by atoms with Crippen molar-refractivity contribution in [1.82, 2.24) is 0 Å². The Morgan fingerprint density at radius 3 is 2.88 bits per heavy atom. The lowest BCUT2D eigenvalue weighted by Gasteiger charge is -2.44. The second kappa shape index (κ2) is 4.78. The van der Waals surface area contributed by atoms with E-state index in [1.807, 2.05) is 18.2 Å². The van der Waals surface area contributed by atoms with Gasteiger partial charge in [-0.25, -0.2) is 0 Å².